The molecule has 2 fully saturated rings. The number of aromatic nitrogens is 2. The Balaban J connectivity index is 1.51. The molecule has 0 aromatic carbocycles. The molecule has 4 heteroatoms. The van der Waals surface area contributed by atoms with Gasteiger partial charge in [-0.05, 0) is 45.1 Å². The minimum atomic E-state index is 0.373. The highest BCUT2D eigenvalue weighted by Gasteiger charge is 2.16. The molecule has 1 saturated carbocycles. The first-order valence-corrected chi connectivity index (χ1v) is 8.11. The summed E-state index contributed by atoms with van der Waals surface area (Å²) in [5.74, 6) is 1.76. The van der Waals surface area contributed by atoms with Crippen molar-refractivity contribution in [3.63, 3.8) is 0 Å². The van der Waals surface area contributed by atoms with E-state index in [9.17, 15) is 0 Å². The van der Waals surface area contributed by atoms with Crippen molar-refractivity contribution in [1.82, 2.24) is 15.3 Å². The molecule has 0 amide bonds. The number of hydrogen-bond donors (Lipinski definition) is 1. The Morgan fingerprint density at radius 2 is 1.75 bits per heavy atom. The maximum atomic E-state index is 5.96. The molecule has 20 heavy (non-hydrogen) atoms. The van der Waals surface area contributed by atoms with E-state index in [0.29, 0.717) is 12.1 Å². The zero-order chi connectivity index (χ0) is 13.6. The second-order valence-electron chi connectivity index (χ2n) is 6.06. The molecule has 0 spiro atoms. The molecule has 0 bridgehead atoms. The largest absolute Gasteiger partial charge is 0.487 e. The molecule has 1 unspecified atom stereocenters. The minimum absolute atomic E-state index is 0.373. The Morgan fingerprint density at radius 3 is 2.45 bits per heavy atom. The summed E-state index contributed by atoms with van der Waals surface area (Å²) in [6.45, 7) is 1.13. The second kappa shape index (κ2) is 7.02. The lowest BCUT2D eigenvalue weighted by molar-refractivity contribution is 0.153. The Labute approximate surface area is 121 Å². The first-order valence-electron chi connectivity index (χ1n) is 8.11. The van der Waals surface area contributed by atoms with Crippen LogP contribution < -0.4 is 10.1 Å². The van der Waals surface area contributed by atoms with Gasteiger partial charge in [0.1, 0.15) is 5.82 Å². The standard InChI is InChI=1S/C16H25N3O/c1-2-7-14(8-3-1)20-15-11-18-16(19-12-15)10-13-6-4-5-9-17-13/h11-14,17H,1-10H2. The van der Waals surface area contributed by atoms with Crippen LogP contribution in [0.3, 0.4) is 0 Å². The fourth-order valence-electron chi connectivity index (χ4n) is 3.20. The van der Waals surface area contributed by atoms with Gasteiger partial charge in [0.25, 0.3) is 0 Å². The van der Waals surface area contributed by atoms with Crippen molar-refractivity contribution < 1.29 is 4.74 Å². The molecule has 1 aliphatic heterocycles. The zero-order valence-electron chi connectivity index (χ0n) is 12.2. The van der Waals surface area contributed by atoms with Gasteiger partial charge in [-0.15, -0.1) is 0 Å². The van der Waals surface area contributed by atoms with Crippen LogP contribution in [0.4, 0.5) is 0 Å². The zero-order valence-corrected chi connectivity index (χ0v) is 12.2. The molecule has 4 nitrogen and oxygen atoms in total. The molecule has 1 aliphatic carbocycles. The fraction of sp³-hybridized carbons (Fsp3) is 0.750. The topological polar surface area (TPSA) is 47.0 Å². The smallest absolute Gasteiger partial charge is 0.156 e. The molecular weight excluding hydrogens is 250 g/mol. The second-order valence-corrected chi connectivity index (χ2v) is 6.06. The van der Waals surface area contributed by atoms with Gasteiger partial charge in [0.2, 0.25) is 0 Å². The number of piperidine rings is 1. The summed E-state index contributed by atoms with van der Waals surface area (Å²) in [7, 11) is 0. The van der Waals surface area contributed by atoms with Crippen LogP contribution in [0.5, 0.6) is 5.75 Å². The Morgan fingerprint density at radius 1 is 1.00 bits per heavy atom. The summed E-state index contributed by atoms with van der Waals surface area (Å²) >= 11 is 0. The molecule has 1 aromatic rings. The highest BCUT2D eigenvalue weighted by atomic mass is 16.5. The molecular formula is C16H25N3O. The average molecular weight is 275 g/mol. The van der Waals surface area contributed by atoms with E-state index in [4.69, 9.17) is 4.74 Å². The van der Waals surface area contributed by atoms with Gasteiger partial charge >= 0.3 is 0 Å². The molecule has 1 N–H and O–H groups in total. The van der Waals surface area contributed by atoms with Crippen LogP contribution in [0.25, 0.3) is 0 Å². The molecule has 2 heterocycles. The number of nitrogens with one attached hydrogen (secondary N) is 1. The summed E-state index contributed by atoms with van der Waals surface area (Å²) < 4.78 is 5.96. The van der Waals surface area contributed by atoms with Crippen molar-refractivity contribution in [2.75, 3.05) is 6.54 Å². The molecule has 0 radical (unpaired) electrons. The van der Waals surface area contributed by atoms with Gasteiger partial charge in [-0.1, -0.05) is 12.8 Å². The number of rotatable bonds is 4. The van der Waals surface area contributed by atoms with E-state index in [0.717, 1.165) is 24.5 Å². The molecule has 1 aromatic heterocycles. The van der Waals surface area contributed by atoms with Crippen molar-refractivity contribution in [3.05, 3.63) is 18.2 Å². The van der Waals surface area contributed by atoms with E-state index in [2.05, 4.69) is 15.3 Å². The Hall–Kier alpha value is -1.16. The van der Waals surface area contributed by atoms with Gasteiger partial charge in [0, 0.05) is 12.5 Å². The van der Waals surface area contributed by atoms with Gasteiger partial charge in [-0.3, -0.25) is 0 Å². The first kappa shape index (κ1) is 13.8. The monoisotopic (exact) mass is 275 g/mol. The van der Waals surface area contributed by atoms with Gasteiger partial charge in [0.05, 0.1) is 18.5 Å². The SMILES string of the molecule is c1nc(CC2CCCCN2)ncc1OC1CCCCC1. The van der Waals surface area contributed by atoms with Crippen LogP contribution >= 0.6 is 0 Å². The normalized spacial score (nSPS) is 24.5. The van der Waals surface area contributed by atoms with Gasteiger partial charge in [0.15, 0.2) is 5.75 Å². The van der Waals surface area contributed by atoms with E-state index in [1.54, 1.807) is 0 Å². The number of ether oxygens (including phenoxy) is 1. The van der Waals surface area contributed by atoms with E-state index >= 15 is 0 Å². The highest BCUT2D eigenvalue weighted by Crippen LogP contribution is 2.22. The lowest BCUT2D eigenvalue weighted by atomic mass is 9.98. The lowest BCUT2D eigenvalue weighted by Crippen LogP contribution is -2.36. The van der Waals surface area contributed by atoms with Gasteiger partial charge in [-0.2, -0.15) is 0 Å². The van der Waals surface area contributed by atoms with E-state index in [-0.39, 0.29) is 0 Å². The number of nitrogens with zero attached hydrogens (tertiary/aromatic N) is 2. The summed E-state index contributed by atoms with van der Waals surface area (Å²) in [5, 5.41) is 3.54. The third-order valence-corrected chi connectivity index (χ3v) is 4.38. The van der Waals surface area contributed by atoms with Crippen LogP contribution in [0.1, 0.15) is 57.2 Å². The summed E-state index contributed by atoms with van der Waals surface area (Å²) in [4.78, 5) is 8.92. The lowest BCUT2D eigenvalue weighted by Gasteiger charge is -2.23. The highest BCUT2D eigenvalue weighted by molar-refractivity contribution is 5.13. The number of hydrogen-bond acceptors (Lipinski definition) is 4. The van der Waals surface area contributed by atoms with Gasteiger partial charge < -0.3 is 10.1 Å². The Kier molecular flexibility index (Phi) is 4.85. The van der Waals surface area contributed by atoms with Crippen LogP contribution in [0.2, 0.25) is 0 Å². The van der Waals surface area contributed by atoms with Gasteiger partial charge in [-0.25, -0.2) is 9.97 Å². The molecule has 2 aliphatic rings. The maximum absolute atomic E-state index is 5.96. The summed E-state index contributed by atoms with van der Waals surface area (Å²) in [6, 6.07) is 0.550. The van der Waals surface area contributed by atoms with E-state index in [1.165, 1.54) is 51.4 Å². The molecule has 1 saturated heterocycles. The average Bonchev–Trinajstić information content (AvgIpc) is 2.51. The third kappa shape index (κ3) is 3.92. The third-order valence-electron chi connectivity index (χ3n) is 4.38. The van der Waals surface area contributed by atoms with Crippen LogP contribution in [0.15, 0.2) is 12.4 Å². The van der Waals surface area contributed by atoms with Crippen molar-refractivity contribution in [3.8, 4) is 5.75 Å². The summed E-state index contributed by atoms with van der Waals surface area (Å²) in [6.07, 6.45) is 15.1. The van der Waals surface area contributed by atoms with Crippen molar-refractivity contribution in [2.45, 2.75) is 69.9 Å². The van der Waals surface area contributed by atoms with Crippen molar-refractivity contribution >= 4 is 0 Å². The summed E-state index contributed by atoms with van der Waals surface area (Å²) in [5.41, 5.74) is 0. The predicted octanol–water partition coefficient (Wildman–Crippen LogP) is 2.87. The van der Waals surface area contributed by atoms with E-state index < -0.39 is 0 Å². The van der Waals surface area contributed by atoms with Crippen LogP contribution in [-0.2, 0) is 6.42 Å². The fourth-order valence-corrected chi connectivity index (χ4v) is 3.20. The first-order chi connectivity index (χ1) is 9.90. The Bertz CT molecular complexity index is 356. The minimum Gasteiger partial charge on any atom is -0.487 e. The maximum Gasteiger partial charge on any atom is 0.156 e. The molecule has 1 atom stereocenters. The molecule has 3 rings (SSSR count). The quantitative estimate of drug-likeness (QED) is 0.918. The predicted molar refractivity (Wildman–Crippen MR) is 78.9 cm³/mol. The van der Waals surface area contributed by atoms with E-state index in [1.807, 2.05) is 12.4 Å². The van der Waals surface area contributed by atoms with Crippen LogP contribution in [-0.4, -0.2) is 28.7 Å². The molecule has 110 valence electrons. The van der Waals surface area contributed by atoms with Crippen molar-refractivity contribution in [2.24, 2.45) is 0 Å². The van der Waals surface area contributed by atoms with Crippen LogP contribution in [0, 0.1) is 0 Å². The van der Waals surface area contributed by atoms with Crippen molar-refractivity contribution in [1.29, 1.82) is 0 Å².